The Morgan fingerprint density at radius 2 is 1.76 bits per heavy atom. The monoisotopic (exact) mass is 449 g/mol. The maximum atomic E-state index is 12.2. The highest BCUT2D eigenvalue weighted by Gasteiger charge is 2.16. The first-order chi connectivity index (χ1) is 15.8. The minimum Gasteiger partial charge on any atom is -0.504 e. The number of aromatic nitrogens is 1. The van der Waals surface area contributed by atoms with Crippen LogP contribution in [-0.4, -0.2) is 38.8 Å². The molecule has 1 heterocycles. The summed E-state index contributed by atoms with van der Waals surface area (Å²) in [6, 6.07) is 16.7. The molecule has 2 aromatic carbocycles. The summed E-state index contributed by atoms with van der Waals surface area (Å²) in [6.07, 6.45) is 1.98. The molecule has 0 aliphatic heterocycles. The Morgan fingerprint density at radius 3 is 2.45 bits per heavy atom. The molecule has 0 bridgehead atoms. The molecule has 0 fully saturated rings. The minimum absolute atomic E-state index is 0.0482. The van der Waals surface area contributed by atoms with Crippen LogP contribution < -0.4 is 10.6 Å². The van der Waals surface area contributed by atoms with E-state index in [1.165, 1.54) is 6.07 Å². The molecular formula is C26H31N3O4. The molecule has 0 saturated carbocycles. The molecular weight excluding hydrogens is 418 g/mol. The normalized spacial score (nSPS) is 12.8. The Bertz CT molecular complexity index is 1060. The fourth-order valence-electron chi connectivity index (χ4n) is 3.64. The van der Waals surface area contributed by atoms with E-state index in [0.717, 1.165) is 23.2 Å². The van der Waals surface area contributed by atoms with Gasteiger partial charge in [-0.05, 0) is 55.2 Å². The van der Waals surface area contributed by atoms with Gasteiger partial charge < -0.3 is 26.0 Å². The second-order valence-electron chi connectivity index (χ2n) is 8.27. The Balaban J connectivity index is 1.44. The molecule has 3 aromatic rings. The van der Waals surface area contributed by atoms with Gasteiger partial charge >= 0.3 is 0 Å². The molecule has 1 amide bonds. The van der Waals surface area contributed by atoms with E-state index in [4.69, 9.17) is 0 Å². The van der Waals surface area contributed by atoms with Crippen molar-refractivity contribution >= 4 is 5.91 Å². The number of benzene rings is 2. The van der Waals surface area contributed by atoms with Crippen molar-refractivity contribution in [2.75, 3.05) is 6.54 Å². The predicted octanol–water partition coefficient (Wildman–Crippen LogP) is 2.91. The van der Waals surface area contributed by atoms with Gasteiger partial charge in [0.05, 0.1) is 24.8 Å². The van der Waals surface area contributed by atoms with Crippen LogP contribution in [0.3, 0.4) is 0 Å². The van der Waals surface area contributed by atoms with Crippen LogP contribution in [0.15, 0.2) is 60.8 Å². The van der Waals surface area contributed by atoms with E-state index >= 15 is 0 Å². The summed E-state index contributed by atoms with van der Waals surface area (Å²) in [5.41, 5.74) is 3.94. The summed E-state index contributed by atoms with van der Waals surface area (Å²) in [7, 11) is 0. The third kappa shape index (κ3) is 7.03. The fourth-order valence-corrected chi connectivity index (χ4v) is 3.64. The summed E-state index contributed by atoms with van der Waals surface area (Å²) in [5, 5.41) is 36.1. The van der Waals surface area contributed by atoms with Gasteiger partial charge in [0.25, 0.3) is 0 Å². The molecule has 7 heteroatoms. The van der Waals surface area contributed by atoms with Crippen LogP contribution in [0.5, 0.6) is 11.5 Å². The maximum Gasteiger partial charge on any atom is 0.224 e. The van der Waals surface area contributed by atoms with Crippen LogP contribution in [0.4, 0.5) is 0 Å². The van der Waals surface area contributed by atoms with Crippen LogP contribution >= 0.6 is 0 Å². The summed E-state index contributed by atoms with van der Waals surface area (Å²) in [6.45, 7) is 4.43. The number of nitrogens with zero attached hydrogens (tertiary/aromatic N) is 1. The molecule has 33 heavy (non-hydrogen) atoms. The number of amides is 1. The van der Waals surface area contributed by atoms with Gasteiger partial charge in [0.1, 0.15) is 0 Å². The van der Waals surface area contributed by atoms with E-state index in [1.807, 2.05) is 49.4 Å². The molecule has 0 spiro atoms. The number of aromatic hydroxyl groups is 2. The molecule has 1 aromatic heterocycles. The second kappa shape index (κ2) is 11.4. The smallest absolute Gasteiger partial charge is 0.224 e. The topological polar surface area (TPSA) is 115 Å². The largest absolute Gasteiger partial charge is 0.504 e. The third-order valence-corrected chi connectivity index (χ3v) is 5.59. The van der Waals surface area contributed by atoms with Gasteiger partial charge in [-0.2, -0.15) is 0 Å². The lowest BCUT2D eigenvalue weighted by Crippen LogP contribution is -2.32. The van der Waals surface area contributed by atoms with E-state index in [9.17, 15) is 20.1 Å². The number of nitrogens with one attached hydrogen (secondary N) is 2. The number of aliphatic hydroxyl groups is 1. The highest BCUT2D eigenvalue weighted by molar-refractivity contribution is 5.78. The number of phenolic OH excluding ortho intramolecular Hbond substituents is 2. The van der Waals surface area contributed by atoms with Gasteiger partial charge in [0.2, 0.25) is 5.91 Å². The van der Waals surface area contributed by atoms with E-state index in [0.29, 0.717) is 30.6 Å². The number of hydrogen-bond donors (Lipinski definition) is 5. The number of rotatable bonds is 10. The van der Waals surface area contributed by atoms with Crippen molar-refractivity contribution in [2.45, 2.75) is 45.4 Å². The Morgan fingerprint density at radius 1 is 1.03 bits per heavy atom. The van der Waals surface area contributed by atoms with E-state index in [2.05, 4.69) is 15.6 Å². The van der Waals surface area contributed by atoms with Crippen molar-refractivity contribution in [3.05, 3.63) is 88.7 Å². The molecule has 2 atom stereocenters. The lowest BCUT2D eigenvalue weighted by Gasteiger charge is -2.19. The summed E-state index contributed by atoms with van der Waals surface area (Å²) < 4.78 is 0. The molecule has 5 N–H and O–H groups in total. The molecule has 0 aliphatic carbocycles. The third-order valence-electron chi connectivity index (χ3n) is 5.59. The zero-order valence-electron chi connectivity index (χ0n) is 19.0. The van der Waals surface area contributed by atoms with Gasteiger partial charge in [-0.1, -0.05) is 36.4 Å². The lowest BCUT2D eigenvalue weighted by atomic mass is 10.0. The summed E-state index contributed by atoms with van der Waals surface area (Å²) in [4.78, 5) is 16.4. The molecule has 0 radical (unpaired) electrons. The van der Waals surface area contributed by atoms with Gasteiger partial charge in [-0.3, -0.25) is 9.78 Å². The number of carbonyl (C=O) groups excluding carboxylic acids is 1. The van der Waals surface area contributed by atoms with Gasteiger partial charge in [-0.25, -0.2) is 0 Å². The molecule has 0 saturated heterocycles. The standard InChI is InChI=1S/C26H31N3O4/c1-17(28-16-24(31)22-10-11-23(30)26(33)18(22)2)13-19-6-8-20(9-7-19)14-25(32)29-15-21-5-3-4-12-27-21/h3-12,17,24,28,30-31,33H,13-16H2,1-2H3,(H,29,32)/t17-,24+/m1/s1. The SMILES string of the molecule is Cc1c([C@@H](O)CN[C@H](C)Cc2ccc(CC(=O)NCc3ccccn3)cc2)ccc(O)c1O. The van der Waals surface area contributed by atoms with Gasteiger partial charge in [0.15, 0.2) is 11.5 Å². The highest BCUT2D eigenvalue weighted by Crippen LogP contribution is 2.33. The molecule has 7 nitrogen and oxygen atoms in total. The predicted molar refractivity (Wildman–Crippen MR) is 127 cm³/mol. The zero-order chi connectivity index (χ0) is 23.8. The minimum atomic E-state index is -0.800. The lowest BCUT2D eigenvalue weighted by molar-refractivity contribution is -0.120. The number of hydrogen-bond acceptors (Lipinski definition) is 6. The number of phenols is 2. The summed E-state index contributed by atoms with van der Waals surface area (Å²) >= 11 is 0. The molecule has 0 aliphatic rings. The van der Waals surface area contributed by atoms with Gasteiger partial charge in [-0.15, -0.1) is 0 Å². The van der Waals surface area contributed by atoms with Crippen molar-refractivity contribution in [3.63, 3.8) is 0 Å². The molecule has 0 unspecified atom stereocenters. The average molecular weight is 450 g/mol. The van der Waals surface area contributed by atoms with E-state index in [1.54, 1.807) is 19.2 Å². The molecule has 174 valence electrons. The fraction of sp³-hybridized carbons (Fsp3) is 0.308. The van der Waals surface area contributed by atoms with Crippen molar-refractivity contribution in [1.29, 1.82) is 0 Å². The van der Waals surface area contributed by atoms with Crippen LogP contribution in [-0.2, 0) is 24.2 Å². The number of aliphatic hydroxyl groups excluding tert-OH is 1. The van der Waals surface area contributed by atoms with Crippen molar-refractivity contribution < 1.29 is 20.1 Å². The van der Waals surface area contributed by atoms with Gasteiger partial charge in [0, 0.05) is 24.3 Å². The van der Waals surface area contributed by atoms with Crippen LogP contribution in [0.25, 0.3) is 0 Å². The maximum absolute atomic E-state index is 12.2. The van der Waals surface area contributed by atoms with Crippen molar-refractivity contribution in [1.82, 2.24) is 15.6 Å². The first-order valence-electron chi connectivity index (χ1n) is 11.0. The van der Waals surface area contributed by atoms with Crippen LogP contribution in [0.1, 0.15) is 41.0 Å². The van der Waals surface area contributed by atoms with Crippen LogP contribution in [0, 0.1) is 6.92 Å². The second-order valence-corrected chi connectivity index (χ2v) is 8.27. The summed E-state index contributed by atoms with van der Waals surface area (Å²) in [5.74, 6) is -0.447. The Kier molecular flexibility index (Phi) is 8.40. The number of pyridine rings is 1. The van der Waals surface area contributed by atoms with Crippen molar-refractivity contribution in [2.24, 2.45) is 0 Å². The molecule has 3 rings (SSSR count). The van der Waals surface area contributed by atoms with E-state index in [-0.39, 0.29) is 23.4 Å². The quantitative estimate of drug-likeness (QED) is 0.304. The average Bonchev–Trinajstić information content (AvgIpc) is 2.82. The van der Waals surface area contributed by atoms with Crippen molar-refractivity contribution in [3.8, 4) is 11.5 Å². The Labute approximate surface area is 194 Å². The Hall–Kier alpha value is -3.42. The highest BCUT2D eigenvalue weighted by atomic mass is 16.3. The number of carbonyl (C=O) groups is 1. The first-order valence-corrected chi connectivity index (χ1v) is 11.0. The first kappa shape index (κ1) is 24.2. The van der Waals surface area contributed by atoms with Crippen LogP contribution in [0.2, 0.25) is 0 Å². The van der Waals surface area contributed by atoms with E-state index < -0.39 is 6.10 Å². The zero-order valence-corrected chi connectivity index (χ0v) is 19.0.